The van der Waals surface area contributed by atoms with Crippen LogP contribution in [0.5, 0.6) is 0 Å². The zero-order chi connectivity index (χ0) is 10.3. The van der Waals surface area contributed by atoms with Crippen LogP contribution in [0.1, 0.15) is 30.5 Å². The molecule has 14 heavy (non-hydrogen) atoms. The van der Waals surface area contributed by atoms with E-state index in [0.717, 1.165) is 17.8 Å². The van der Waals surface area contributed by atoms with E-state index in [4.69, 9.17) is 5.26 Å². The summed E-state index contributed by atoms with van der Waals surface area (Å²) in [7, 11) is 0. The number of hydrogen-bond donors (Lipinski definition) is 1. The Morgan fingerprint density at radius 1 is 1.43 bits per heavy atom. The van der Waals surface area contributed by atoms with Gasteiger partial charge in [0, 0.05) is 17.6 Å². The van der Waals surface area contributed by atoms with Gasteiger partial charge < -0.3 is 5.32 Å². The molecule has 1 aliphatic rings. The van der Waals surface area contributed by atoms with E-state index in [-0.39, 0.29) is 5.41 Å². The molecule has 1 heterocycles. The molecule has 0 bridgehead atoms. The van der Waals surface area contributed by atoms with E-state index in [0.29, 0.717) is 0 Å². The number of fused-ring (bicyclic) bond motifs is 1. The van der Waals surface area contributed by atoms with Crippen molar-refractivity contribution in [3.05, 3.63) is 28.8 Å². The molecule has 1 N–H and O–H groups in total. The van der Waals surface area contributed by atoms with Crippen molar-refractivity contribution < 1.29 is 0 Å². The number of hydrogen-bond acceptors (Lipinski definition) is 2. The molecule has 0 amide bonds. The molecule has 1 aliphatic heterocycles. The van der Waals surface area contributed by atoms with Gasteiger partial charge in [-0.3, -0.25) is 0 Å². The first-order valence-electron chi connectivity index (χ1n) is 4.84. The minimum absolute atomic E-state index is 0.188. The second-order valence-corrected chi connectivity index (χ2v) is 4.56. The van der Waals surface area contributed by atoms with Gasteiger partial charge in [0.25, 0.3) is 0 Å². The Labute approximate surface area is 84.6 Å². The van der Waals surface area contributed by atoms with Crippen LogP contribution in [0.25, 0.3) is 0 Å². The summed E-state index contributed by atoms with van der Waals surface area (Å²) in [6.07, 6.45) is 0. The van der Waals surface area contributed by atoms with Crippen molar-refractivity contribution in [3.8, 4) is 6.07 Å². The van der Waals surface area contributed by atoms with Gasteiger partial charge in [-0.25, -0.2) is 0 Å². The number of benzene rings is 1. The van der Waals surface area contributed by atoms with Gasteiger partial charge in [-0.15, -0.1) is 0 Å². The van der Waals surface area contributed by atoms with Crippen LogP contribution in [0.15, 0.2) is 12.1 Å². The average molecular weight is 186 g/mol. The first-order valence-corrected chi connectivity index (χ1v) is 4.84. The highest BCUT2D eigenvalue weighted by Gasteiger charge is 2.31. The van der Waals surface area contributed by atoms with E-state index in [2.05, 4.69) is 32.2 Å². The SMILES string of the molecule is Cc1cc(C#N)cc2c1C(C)(C)CN2. The van der Waals surface area contributed by atoms with Crippen molar-refractivity contribution in [3.63, 3.8) is 0 Å². The highest BCUT2D eigenvalue weighted by atomic mass is 14.9. The molecule has 0 saturated carbocycles. The molecule has 2 rings (SSSR count). The summed E-state index contributed by atoms with van der Waals surface area (Å²) in [5, 5.41) is 12.2. The minimum Gasteiger partial charge on any atom is -0.384 e. The third-order valence-electron chi connectivity index (χ3n) is 2.86. The van der Waals surface area contributed by atoms with Crippen LogP contribution in [0, 0.1) is 18.3 Å². The normalized spacial score (nSPS) is 17.0. The first-order chi connectivity index (χ1) is 6.54. The maximum absolute atomic E-state index is 8.85. The quantitative estimate of drug-likeness (QED) is 0.676. The molecule has 0 atom stereocenters. The molecule has 0 unspecified atom stereocenters. The van der Waals surface area contributed by atoms with Gasteiger partial charge in [-0.2, -0.15) is 5.26 Å². The Hall–Kier alpha value is -1.49. The molecule has 0 aliphatic carbocycles. The van der Waals surface area contributed by atoms with Crippen molar-refractivity contribution in [2.24, 2.45) is 0 Å². The molecule has 1 aromatic carbocycles. The number of rotatable bonds is 0. The number of nitrogens with zero attached hydrogens (tertiary/aromatic N) is 1. The topological polar surface area (TPSA) is 35.8 Å². The summed E-state index contributed by atoms with van der Waals surface area (Å²) >= 11 is 0. The maximum atomic E-state index is 8.85. The Balaban J connectivity index is 2.65. The monoisotopic (exact) mass is 186 g/mol. The van der Waals surface area contributed by atoms with Crippen LogP contribution in [0.4, 0.5) is 5.69 Å². The second-order valence-electron chi connectivity index (χ2n) is 4.56. The fourth-order valence-electron chi connectivity index (χ4n) is 2.29. The molecule has 0 fully saturated rings. The van der Waals surface area contributed by atoms with E-state index in [1.807, 2.05) is 12.1 Å². The van der Waals surface area contributed by atoms with E-state index in [1.165, 1.54) is 11.1 Å². The van der Waals surface area contributed by atoms with Gasteiger partial charge in [-0.1, -0.05) is 13.8 Å². The van der Waals surface area contributed by atoms with Gasteiger partial charge >= 0.3 is 0 Å². The van der Waals surface area contributed by atoms with Gasteiger partial charge in [0.15, 0.2) is 0 Å². The van der Waals surface area contributed by atoms with Crippen molar-refractivity contribution in [1.82, 2.24) is 0 Å². The van der Waals surface area contributed by atoms with E-state index < -0.39 is 0 Å². The standard InChI is InChI=1S/C12H14N2/c1-8-4-9(6-13)5-10-11(8)12(2,3)7-14-10/h4-5,14H,7H2,1-3H3. The molecule has 0 saturated heterocycles. The number of nitriles is 1. The van der Waals surface area contributed by atoms with Crippen molar-refractivity contribution in [2.75, 3.05) is 11.9 Å². The summed E-state index contributed by atoms with van der Waals surface area (Å²) in [6, 6.07) is 6.09. The largest absolute Gasteiger partial charge is 0.384 e. The van der Waals surface area contributed by atoms with Crippen LogP contribution in [-0.4, -0.2) is 6.54 Å². The lowest BCUT2D eigenvalue weighted by Gasteiger charge is -2.19. The smallest absolute Gasteiger partial charge is 0.0992 e. The molecule has 2 nitrogen and oxygen atoms in total. The highest BCUT2D eigenvalue weighted by molar-refractivity contribution is 5.65. The van der Waals surface area contributed by atoms with E-state index >= 15 is 0 Å². The van der Waals surface area contributed by atoms with Gasteiger partial charge in [0.05, 0.1) is 11.6 Å². The van der Waals surface area contributed by atoms with Crippen LogP contribution < -0.4 is 5.32 Å². The highest BCUT2D eigenvalue weighted by Crippen LogP contribution is 2.38. The third kappa shape index (κ3) is 1.17. The molecule has 1 aromatic rings. The zero-order valence-corrected chi connectivity index (χ0v) is 8.81. The fraction of sp³-hybridized carbons (Fsp3) is 0.417. The summed E-state index contributed by atoms with van der Waals surface area (Å²) in [5.41, 5.74) is 4.64. The second kappa shape index (κ2) is 2.75. The molecule has 2 heteroatoms. The lowest BCUT2D eigenvalue weighted by Crippen LogP contribution is -2.19. The molecule has 0 spiro atoms. The molecular weight excluding hydrogens is 172 g/mol. The van der Waals surface area contributed by atoms with Crippen LogP contribution in [0.3, 0.4) is 0 Å². The minimum atomic E-state index is 0.188. The third-order valence-corrected chi connectivity index (χ3v) is 2.86. The molecule has 72 valence electrons. The lowest BCUT2D eigenvalue weighted by atomic mass is 9.83. The van der Waals surface area contributed by atoms with Crippen LogP contribution >= 0.6 is 0 Å². The summed E-state index contributed by atoms with van der Waals surface area (Å²) < 4.78 is 0. The Morgan fingerprint density at radius 2 is 2.14 bits per heavy atom. The summed E-state index contributed by atoms with van der Waals surface area (Å²) in [4.78, 5) is 0. The molecule has 0 aromatic heterocycles. The lowest BCUT2D eigenvalue weighted by molar-refractivity contribution is 0.583. The molecular formula is C12H14N2. The van der Waals surface area contributed by atoms with Gasteiger partial charge in [0.2, 0.25) is 0 Å². The van der Waals surface area contributed by atoms with Crippen LogP contribution in [0.2, 0.25) is 0 Å². The van der Waals surface area contributed by atoms with Crippen molar-refractivity contribution in [1.29, 1.82) is 5.26 Å². The first kappa shape index (κ1) is 9.08. The Kier molecular flexibility index (Phi) is 1.78. The average Bonchev–Trinajstić information content (AvgIpc) is 2.42. The van der Waals surface area contributed by atoms with Gasteiger partial charge in [0.1, 0.15) is 0 Å². The van der Waals surface area contributed by atoms with Gasteiger partial charge in [-0.05, 0) is 30.2 Å². The predicted octanol–water partition coefficient (Wildman–Crippen LogP) is 2.57. The number of aryl methyl sites for hydroxylation is 1. The maximum Gasteiger partial charge on any atom is 0.0992 e. The van der Waals surface area contributed by atoms with Crippen LogP contribution in [-0.2, 0) is 5.41 Å². The van der Waals surface area contributed by atoms with Crippen molar-refractivity contribution in [2.45, 2.75) is 26.2 Å². The fourth-order valence-corrected chi connectivity index (χ4v) is 2.29. The number of nitrogens with one attached hydrogen (secondary N) is 1. The summed E-state index contributed by atoms with van der Waals surface area (Å²) in [5.74, 6) is 0. The van der Waals surface area contributed by atoms with E-state index in [9.17, 15) is 0 Å². The Morgan fingerprint density at radius 3 is 2.79 bits per heavy atom. The molecule has 0 radical (unpaired) electrons. The zero-order valence-electron chi connectivity index (χ0n) is 8.81. The Bertz CT molecular complexity index is 425. The predicted molar refractivity (Wildman–Crippen MR) is 57.4 cm³/mol. The summed E-state index contributed by atoms with van der Waals surface area (Å²) in [6.45, 7) is 7.49. The number of anilines is 1. The van der Waals surface area contributed by atoms with Crippen molar-refractivity contribution >= 4 is 5.69 Å². The van der Waals surface area contributed by atoms with E-state index in [1.54, 1.807) is 0 Å².